The number of benzene rings is 10. The van der Waals surface area contributed by atoms with E-state index in [1.165, 1.54) is 0 Å². The number of ether oxygens (including phenoxy) is 4. The van der Waals surface area contributed by atoms with Crippen LogP contribution in [0, 0.1) is 0 Å². The van der Waals surface area contributed by atoms with Crippen molar-refractivity contribution >= 4 is 116 Å². The highest BCUT2D eigenvalue weighted by atomic mass is 31.1. The van der Waals surface area contributed by atoms with Crippen LogP contribution in [0.25, 0.3) is 108 Å². The minimum absolute atomic E-state index is 0.0957. The summed E-state index contributed by atoms with van der Waals surface area (Å²) in [6, 6.07) is 42.9. The fourth-order valence-corrected chi connectivity index (χ4v) is 10.8. The van der Waals surface area contributed by atoms with Crippen molar-refractivity contribution in [2.24, 2.45) is 0 Å². The standard InChI is InChI=1S/C52H42NO6P/c1-7-28(2)53-60-58-51-37(24-43(56-5)39-26-41(54-3)35-22-20-31-18-16-29-12-8-10-14-33(29)45(31)47(35)49(39)51)38-25-44(57-6)40-27-42(55-4)36-23-21-32-19-17-30-13-9-11-15-34(30)46(32)48(36)50(40)52(38)59-60/h8-28,53H,7H2,1-6H3/t28-/m1/s1. The van der Waals surface area contributed by atoms with Crippen LogP contribution in [0.2, 0.25) is 0 Å². The second kappa shape index (κ2) is 14.0. The van der Waals surface area contributed by atoms with Crippen LogP contribution >= 0.6 is 8.16 Å². The molecule has 0 spiro atoms. The summed E-state index contributed by atoms with van der Waals surface area (Å²) in [5, 5.41) is 22.1. The number of hydrogen-bond acceptors (Lipinski definition) is 7. The maximum absolute atomic E-state index is 7.37. The van der Waals surface area contributed by atoms with Crippen molar-refractivity contribution in [3.63, 3.8) is 0 Å². The van der Waals surface area contributed by atoms with Crippen molar-refractivity contribution in [3.05, 3.63) is 121 Å². The summed E-state index contributed by atoms with van der Waals surface area (Å²) >= 11 is 0. The molecule has 0 bridgehead atoms. The highest BCUT2D eigenvalue weighted by molar-refractivity contribution is 7.38. The van der Waals surface area contributed by atoms with Gasteiger partial charge in [0.2, 0.25) is 0 Å². The molecule has 11 rings (SSSR count). The molecule has 0 amide bonds. The molecule has 0 fully saturated rings. The number of fused-ring (bicyclic) bond motifs is 19. The molecular formula is C52H42NO6P. The summed E-state index contributed by atoms with van der Waals surface area (Å²) in [5.74, 6) is 2.88. The summed E-state index contributed by atoms with van der Waals surface area (Å²) in [7, 11) is 5.12. The zero-order valence-corrected chi connectivity index (χ0v) is 35.1. The van der Waals surface area contributed by atoms with Crippen molar-refractivity contribution in [2.75, 3.05) is 33.5 Å². The van der Waals surface area contributed by atoms with Crippen LogP contribution in [0.4, 0.5) is 0 Å². The van der Waals surface area contributed by atoms with Crippen molar-refractivity contribution < 1.29 is 27.3 Å². The number of nitrogens with one attached hydrogen (secondary N) is 1. The molecule has 0 aliphatic carbocycles. The summed E-state index contributed by atoms with van der Waals surface area (Å²) in [4.78, 5) is 0. The first kappa shape index (κ1) is 36.4. The monoisotopic (exact) mass is 807 g/mol. The number of rotatable bonds is 7. The molecule has 0 saturated carbocycles. The summed E-state index contributed by atoms with van der Waals surface area (Å²) in [5.41, 5.74) is 1.41. The van der Waals surface area contributed by atoms with Crippen molar-refractivity contribution in [1.82, 2.24) is 0 Å². The van der Waals surface area contributed by atoms with E-state index in [0.29, 0.717) is 22.7 Å². The Morgan fingerprint density at radius 2 is 0.817 bits per heavy atom. The highest BCUT2D eigenvalue weighted by Gasteiger charge is 2.25. The third-order valence-corrected chi connectivity index (χ3v) is 13.8. The summed E-state index contributed by atoms with van der Waals surface area (Å²) in [6.45, 7) is 4.33. The van der Waals surface area contributed by atoms with Crippen molar-refractivity contribution in [1.29, 1.82) is 0 Å². The first-order valence-corrected chi connectivity index (χ1v) is 21.5. The highest BCUT2D eigenvalue weighted by Crippen LogP contribution is 2.52. The van der Waals surface area contributed by atoms with Gasteiger partial charge in [0, 0.05) is 59.9 Å². The second-order valence-corrected chi connectivity index (χ2v) is 16.7. The predicted octanol–water partition coefficient (Wildman–Crippen LogP) is 14.9. The molecule has 1 atom stereocenters. The van der Waals surface area contributed by atoms with E-state index in [4.69, 9.17) is 27.3 Å². The van der Waals surface area contributed by atoms with Crippen LogP contribution in [0.1, 0.15) is 20.3 Å². The van der Waals surface area contributed by atoms with Gasteiger partial charge >= 0.3 is 8.16 Å². The van der Waals surface area contributed by atoms with E-state index in [-0.39, 0.29) is 6.04 Å². The third kappa shape index (κ3) is 5.26. The molecule has 0 aliphatic rings. The minimum atomic E-state index is -1.77. The quantitative estimate of drug-likeness (QED) is 0.161. The van der Waals surface area contributed by atoms with Crippen molar-refractivity contribution in [2.45, 2.75) is 26.3 Å². The van der Waals surface area contributed by atoms with E-state index in [1.54, 1.807) is 28.4 Å². The molecule has 8 heteroatoms. The van der Waals surface area contributed by atoms with Gasteiger partial charge in [0.1, 0.15) is 23.0 Å². The molecule has 7 nitrogen and oxygen atoms in total. The largest absolute Gasteiger partial charge is 0.496 e. The fraction of sp³-hybridized carbons (Fsp3) is 0.154. The van der Waals surface area contributed by atoms with Gasteiger partial charge in [-0.05, 0) is 92.8 Å². The van der Waals surface area contributed by atoms with Crippen LogP contribution in [0.3, 0.4) is 0 Å². The molecule has 0 radical (unpaired) electrons. The zero-order chi connectivity index (χ0) is 40.8. The fourth-order valence-electron chi connectivity index (χ4n) is 9.41. The molecule has 10 aromatic carbocycles. The lowest BCUT2D eigenvalue weighted by Gasteiger charge is -2.17. The Kier molecular flexibility index (Phi) is 8.49. The summed E-state index contributed by atoms with van der Waals surface area (Å²) in [6.07, 6.45) is 0.880. The lowest BCUT2D eigenvalue weighted by atomic mass is 9.90. The maximum atomic E-state index is 7.37. The normalized spacial score (nSPS) is 12.6. The minimum Gasteiger partial charge on any atom is -0.496 e. The van der Waals surface area contributed by atoms with E-state index >= 15 is 0 Å². The van der Waals surface area contributed by atoms with Crippen LogP contribution in [0.5, 0.6) is 23.0 Å². The van der Waals surface area contributed by atoms with Gasteiger partial charge in [-0.15, -0.1) is 0 Å². The second-order valence-electron chi connectivity index (χ2n) is 15.5. The van der Waals surface area contributed by atoms with Gasteiger partial charge in [-0.2, -0.15) is 0 Å². The predicted molar refractivity (Wildman–Crippen MR) is 252 cm³/mol. The Bertz CT molecular complexity index is 3420. The molecule has 0 aliphatic heterocycles. The molecule has 1 N–H and O–H groups in total. The van der Waals surface area contributed by atoms with Gasteiger partial charge in [0.15, 0.2) is 11.2 Å². The average molecular weight is 808 g/mol. The first-order valence-electron chi connectivity index (χ1n) is 20.3. The molecule has 1 aromatic heterocycles. The SMILES string of the molecule is CC[C@@H](C)Np1oc2c(cc(OC)c3cc(OC)c4ccc5ccc6ccccc6c5c4c32)c2cc(OC)c3cc(OC)c4ccc5ccc6ccccc6c5c4c3c2o1. The van der Waals surface area contributed by atoms with Crippen molar-refractivity contribution in [3.8, 4) is 23.0 Å². The van der Waals surface area contributed by atoms with E-state index in [0.717, 1.165) is 115 Å². The Morgan fingerprint density at radius 3 is 1.25 bits per heavy atom. The topological polar surface area (TPSA) is 75.2 Å². The van der Waals surface area contributed by atoms with Gasteiger partial charge in [-0.25, -0.2) is 5.09 Å². The van der Waals surface area contributed by atoms with E-state index in [2.05, 4.69) is 140 Å². The Hall–Kier alpha value is -6.66. The lowest BCUT2D eigenvalue weighted by molar-refractivity contribution is 0.415. The van der Waals surface area contributed by atoms with Crippen LogP contribution in [-0.2, 0) is 0 Å². The smallest absolute Gasteiger partial charge is 0.307 e. The van der Waals surface area contributed by atoms with E-state index in [1.807, 2.05) is 0 Å². The Labute approximate surface area is 346 Å². The molecule has 0 saturated heterocycles. The molecule has 0 unspecified atom stereocenters. The van der Waals surface area contributed by atoms with Crippen LogP contribution in [-0.4, -0.2) is 34.5 Å². The van der Waals surface area contributed by atoms with Gasteiger partial charge in [-0.1, -0.05) is 91.9 Å². The van der Waals surface area contributed by atoms with Crippen LogP contribution in [0.15, 0.2) is 130 Å². The first-order chi connectivity index (χ1) is 29.4. The molecule has 296 valence electrons. The Balaban J connectivity index is 1.47. The van der Waals surface area contributed by atoms with Gasteiger partial charge in [-0.3, -0.25) is 0 Å². The van der Waals surface area contributed by atoms with E-state index < -0.39 is 8.16 Å². The number of methoxy groups -OCH3 is 4. The summed E-state index contributed by atoms with van der Waals surface area (Å²) < 4.78 is 39.8. The van der Waals surface area contributed by atoms with Gasteiger partial charge < -0.3 is 27.3 Å². The van der Waals surface area contributed by atoms with E-state index in [9.17, 15) is 0 Å². The molecular weight excluding hydrogens is 766 g/mol. The third-order valence-electron chi connectivity index (χ3n) is 12.4. The number of hydrogen-bond donors (Lipinski definition) is 1. The lowest BCUT2D eigenvalue weighted by Crippen LogP contribution is -2.09. The molecule has 60 heavy (non-hydrogen) atoms. The maximum Gasteiger partial charge on any atom is 0.307 e. The average Bonchev–Trinajstić information content (AvgIpc) is 3.45. The zero-order valence-electron chi connectivity index (χ0n) is 34.2. The molecule has 11 aromatic rings. The van der Waals surface area contributed by atoms with Crippen LogP contribution < -0.4 is 24.0 Å². The van der Waals surface area contributed by atoms with Gasteiger partial charge in [0.25, 0.3) is 0 Å². The Morgan fingerprint density at radius 1 is 0.433 bits per heavy atom. The van der Waals surface area contributed by atoms with Gasteiger partial charge in [0.05, 0.1) is 28.4 Å². The molecule has 1 heterocycles.